The zero-order chi connectivity index (χ0) is 16.4. The van der Waals surface area contributed by atoms with Gasteiger partial charge in [-0.2, -0.15) is 0 Å². The molecule has 2 amide bonds. The summed E-state index contributed by atoms with van der Waals surface area (Å²) in [5.74, 6) is -0.300. The third-order valence-electron chi connectivity index (χ3n) is 4.16. The SMILES string of the molecule is Cc1cccc(C(=O)NCC(=O)N2c3ccccc3CC2C)c1. The van der Waals surface area contributed by atoms with Crippen molar-refractivity contribution in [3.63, 3.8) is 0 Å². The van der Waals surface area contributed by atoms with Gasteiger partial charge in [0.05, 0.1) is 6.54 Å². The predicted octanol–water partition coefficient (Wildman–Crippen LogP) is 2.70. The van der Waals surface area contributed by atoms with Crippen molar-refractivity contribution in [2.45, 2.75) is 26.3 Å². The molecule has 4 heteroatoms. The molecule has 1 unspecified atom stereocenters. The van der Waals surface area contributed by atoms with E-state index in [0.717, 1.165) is 17.7 Å². The van der Waals surface area contributed by atoms with Gasteiger partial charge in [0.25, 0.3) is 5.91 Å². The van der Waals surface area contributed by atoms with Crippen molar-refractivity contribution in [2.75, 3.05) is 11.4 Å². The van der Waals surface area contributed by atoms with Crippen LogP contribution in [0.5, 0.6) is 0 Å². The first-order valence-electron chi connectivity index (χ1n) is 7.81. The Morgan fingerprint density at radius 2 is 1.96 bits per heavy atom. The number of hydrogen-bond acceptors (Lipinski definition) is 2. The number of nitrogens with zero attached hydrogens (tertiary/aromatic N) is 1. The molecular weight excluding hydrogens is 288 g/mol. The van der Waals surface area contributed by atoms with E-state index in [1.54, 1.807) is 11.0 Å². The minimum atomic E-state index is -0.220. The first-order valence-corrected chi connectivity index (χ1v) is 7.81. The monoisotopic (exact) mass is 308 g/mol. The minimum absolute atomic E-state index is 0.00541. The molecule has 0 bridgehead atoms. The zero-order valence-electron chi connectivity index (χ0n) is 13.4. The number of aryl methyl sites for hydroxylation is 1. The Hall–Kier alpha value is -2.62. The van der Waals surface area contributed by atoms with E-state index in [0.29, 0.717) is 5.56 Å². The number of anilines is 1. The molecule has 3 rings (SSSR count). The second-order valence-corrected chi connectivity index (χ2v) is 6.00. The third-order valence-corrected chi connectivity index (χ3v) is 4.16. The predicted molar refractivity (Wildman–Crippen MR) is 90.6 cm³/mol. The maximum Gasteiger partial charge on any atom is 0.251 e. The molecule has 0 saturated carbocycles. The molecule has 0 saturated heterocycles. The van der Waals surface area contributed by atoms with Gasteiger partial charge in [-0.25, -0.2) is 0 Å². The lowest BCUT2D eigenvalue weighted by molar-refractivity contribution is -0.118. The average molecular weight is 308 g/mol. The summed E-state index contributed by atoms with van der Waals surface area (Å²) in [4.78, 5) is 26.5. The van der Waals surface area contributed by atoms with Gasteiger partial charge in [0.1, 0.15) is 0 Å². The lowest BCUT2D eigenvalue weighted by atomic mass is 10.1. The fraction of sp³-hybridized carbons (Fsp3) is 0.263. The maximum atomic E-state index is 12.5. The highest BCUT2D eigenvalue weighted by molar-refractivity contribution is 6.01. The van der Waals surface area contributed by atoms with Crippen LogP contribution in [0.3, 0.4) is 0 Å². The first kappa shape index (κ1) is 15.3. The molecule has 1 aliphatic rings. The van der Waals surface area contributed by atoms with Crippen molar-refractivity contribution in [1.29, 1.82) is 0 Å². The van der Waals surface area contributed by atoms with E-state index in [1.165, 1.54) is 5.56 Å². The van der Waals surface area contributed by atoms with Gasteiger partial charge >= 0.3 is 0 Å². The van der Waals surface area contributed by atoms with Crippen molar-refractivity contribution in [1.82, 2.24) is 5.32 Å². The van der Waals surface area contributed by atoms with Gasteiger partial charge in [-0.15, -0.1) is 0 Å². The molecule has 1 aliphatic heterocycles. The molecule has 0 fully saturated rings. The maximum absolute atomic E-state index is 12.5. The summed E-state index contributed by atoms with van der Waals surface area (Å²) in [6, 6.07) is 15.4. The average Bonchev–Trinajstić information content (AvgIpc) is 2.88. The number of para-hydroxylation sites is 1. The number of amides is 2. The molecule has 118 valence electrons. The molecule has 23 heavy (non-hydrogen) atoms. The first-order chi connectivity index (χ1) is 11.1. The summed E-state index contributed by atoms with van der Waals surface area (Å²) in [5.41, 5.74) is 3.73. The summed E-state index contributed by atoms with van der Waals surface area (Å²) < 4.78 is 0. The Morgan fingerprint density at radius 1 is 1.17 bits per heavy atom. The van der Waals surface area contributed by atoms with Crippen LogP contribution >= 0.6 is 0 Å². The van der Waals surface area contributed by atoms with Crippen LogP contribution in [0.15, 0.2) is 48.5 Å². The molecule has 2 aromatic carbocycles. The standard InChI is InChI=1S/C19H20N2O2/c1-13-6-5-8-16(10-13)19(23)20-12-18(22)21-14(2)11-15-7-3-4-9-17(15)21/h3-10,14H,11-12H2,1-2H3,(H,20,23). The second kappa shape index (κ2) is 6.24. The van der Waals surface area contributed by atoms with Crippen LogP contribution < -0.4 is 10.2 Å². The smallest absolute Gasteiger partial charge is 0.251 e. The fourth-order valence-electron chi connectivity index (χ4n) is 3.08. The van der Waals surface area contributed by atoms with Gasteiger partial charge in [0.2, 0.25) is 5.91 Å². The van der Waals surface area contributed by atoms with E-state index in [9.17, 15) is 9.59 Å². The van der Waals surface area contributed by atoms with Gasteiger partial charge in [-0.3, -0.25) is 9.59 Å². The number of fused-ring (bicyclic) bond motifs is 1. The molecule has 0 radical (unpaired) electrons. The molecule has 0 aromatic heterocycles. The van der Waals surface area contributed by atoms with Crippen LogP contribution in [0.1, 0.15) is 28.4 Å². The van der Waals surface area contributed by atoms with E-state index in [1.807, 2.05) is 56.3 Å². The lowest BCUT2D eigenvalue weighted by Crippen LogP contribution is -2.43. The highest BCUT2D eigenvalue weighted by Gasteiger charge is 2.30. The van der Waals surface area contributed by atoms with E-state index in [-0.39, 0.29) is 24.4 Å². The van der Waals surface area contributed by atoms with Gasteiger partial charge in [0, 0.05) is 17.3 Å². The van der Waals surface area contributed by atoms with Crippen LogP contribution in [0, 0.1) is 6.92 Å². The number of nitrogens with one attached hydrogen (secondary N) is 1. The molecule has 1 N–H and O–H groups in total. The van der Waals surface area contributed by atoms with E-state index in [4.69, 9.17) is 0 Å². The van der Waals surface area contributed by atoms with Crippen molar-refractivity contribution in [3.05, 3.63) is 65.2 Å². The largest absolute Gasteiger partial charge is 0.343 e. The van der Waals surface area contributed by atoms with E-state index >= 15 is 0 Å². The Morgan fingerprint density at radius 3 is 2.74 bits per heavy atom. The van der Waals surface area contributed by atoms with Gasteiger partial charge in [-0.05, 0) is 44.0 Å². The minimum Gasteiger partial charge on any atom is -0.343 e. The number of carbonyl (C=O) groups is 2. The summed E-state index contributed by atoms with van der Waals surface area (Å²) in [6.45, 7) is 3.97. The van der Waals surface area contributed by atoms with Crippen LogP contribution in [0.25, 0.3) is 0 Å². The summed E-state index contributed by atoms with van der Waals surface area (Å²) >= 11 is 0. The zero-order valence-corrected chi connectivity index (χ0v) is 13.4. The van der Waals surface area contributed by atoms with Gasteiger partial charge < -0.3 is 10.2 Å². The van der Waals surface area contributed by atoms with E-state index in [2.05, 4.69) is 5.32 Å². The Kier molecular flexibility index (Phi) is 4.15. The summed E-state index contributed by atoms with van der Waals surface area (Å²) in [7, 11) is 0. The van der Waals surface area contributed by atoms with Crippen LogP contribution in [0.4, 0.5) is 5.69 Å². The fourth-order valence-corrected chi connectivity index (χ4v) is 3.08. The van der Waals surface area contributed by atoms with Crippen molar-refractivity contribution < 1.29 is 9.59 Å². The quantitative estimate of drug-likeness (QED) is 0.948. The van der Waals surface area contributed by atoms with Gasteiger partial charge in [-0.1, -0.05) is 35.9 Å². The molecule has 2 aromatic rings. The molecule has 1 heterocycles. The van der Waals surface area contributed by atoms with E-state index < -0.39 is 0 Å². The molecular formula is C19H20N2O2. The number of benzene rings is 2. The third kappa shape index (κ3) is 3.11. The molecule has 0 spiro atoms. The number of rotatable bonds is 3. The Bertz CT molecular complexity index is 755. The van der Waals surface area contributed by atoms with Crippen LogP contribution in [-0.4, -0.2) is 24.4 Å². The summed E-state index contributed by atoms with van der Waals surface area (Å²) in [5, 5.41) is 2.72. The molecule has 1 atom stereocenters. The second-order valence-electron chi connectivity index (χ2n) is 6.00. The van der Waals surface area contributed by atoms with Crippen LogP contribution in [-0.2, 0) is 11.2 Å². The highest BCUT2D eigenvalue weighted by Crippen LogP contribution is 2.31. The molecule has 4 nitrogen and oxygen atoms in total. The lowest BCUT2D eigenvalue weighted by Gasteiger charge is -2.22. The number of carbonyl (C=O) groups excluding carboxylic acids is 2. The topological polar surface area (TPSA) is 49.4 Å². The Balaban J connectivity index is 1.67. The van der Waals surface area contributed by atoms with Crippen LogP contribution in [0.2, 0.25) is 0 Å². The normalized spacial score (nSPS) is 16.1. The van der Waals surface area contributed by atoms with Crippen molar-refractivity contribution in [3.8, 4) is 0 Å². The number of hydrogen-bond donors (Lipinski definition) is 1. The van der Waals surface area contributed by atoms with Gasteiger partial charge in [0.15, 0.2) is 0 Å². The Labute approximate surface area is 136 Å². The highest BCUT2D eigenvalue weighted by atomic mass is 16.2. The summed E-state index contributed by atoms with van der Waals surface area (Å²) in [6.07, 6.45) is 0.855. The molecule has 0 aliphatic carbocycles. The van der Waals surface area contributed by atoms with Crippen molar-refractivity contribution >= 4 is 17.5 Å². The van der Waals surface area contributed by atoms with Crippen molar-refractivity contribution in [2.24, 2.45) is 0 Å².